The van der Waals surface area contributed by atoms with Gasteiger partial charge in [-0.05, 0) is 50.2 Å². The third-order valence-corrected chi connectivity index (χ3v) is 7.52. The van der Waals surface area contributed by atoms with Crippen molar-refractivity contribution in [3.8, 4) is 11.4 Å². The number of carbonyl (C=O) groups is 1. The van der Waals surface area contributed by atoms with Crippen LogP contribution in [0.25, 0.3) is 11.4 Å². The van der Waals surface area contributed by atoms with E-state index < -0.39 is 70.1 Å². The van der Waals surface area contributed by atoms with Crippen LogP contribution in [0.4, 0.5) is 64.1 Å². The summed E-state index contributed by atoms with van der Waals surface area (Å²) in [6.45, 7) is 2.32. The molecule has 0 bridgehead atoms. The molecule has 0 saturated heterocycles. The highest BCUT2D eigenvalue weighted by atomic mass is 19.4. The van der Waals surface area contributed by atoms with E-state index in [0.717, 1.165) is 39.7 Å². The van der Waals surface area contributed by atoms with E-state index in [9.17, 15) is 57.5 Å². The normalized spacial score (nSPS) is 11.6. The lowest BCUT2D eigenvalue weighted by Crippen LogP contribution is -2.16. The molecular formula is C34H22F12N8O. The summed E-state index contributed by atoms with van der Waals surface area (Å²) in [5, 5.41) is 4.77. The van der Waals surface area contributed by atoms with Gasteiger partial charge in [0.25, 0.3) is 5.91 Å². The molecule has 0 spiro atoms. The second-order valence-electron chi connectivity index (χ2n) is 11.3. The number of imidazole rings is 2. The molecule has 2 N–H and O–H groups in total. The molecule has 55 heavy (non-hydrogen) atoms. The molecule has 21 heteroatoms. The van der Waals surface area contributed by atoms with Crippen molar-refractivity contribution in [2.45, 2.75) is 32.7 Å². The minimum Gasteiger partial charge on any atom is -0.381 e. The highest BCUT2D eigenvalue weighted by Crippen LogP contribution is 2.32. The Hall–Kier alpha value is -6.41. The van der Waals surface area contributed by atoms with E-state index in [4.69, 9.17) is 0 Å². The van der Waals surface area contributed by atoms with E-state index in [1.807, 2.05) is 0 Å². The molecule has 1 amide bonds. The zero-order valence-corrected chi connectivity index (χ0v) is 27.8. The maximum Gasteiger partial charge on any atom is 0.434 e. The maximum atomic E-state index is 14.4. The second kappa shape index (κ2) is 15.5. The minimum absolute atomic E-state index is 0.0390. The fourth-order valence-electron chi connectivity index (χ4n) is 4.92. The number of aryl methyl sites for hydroxylation is 2. The van der Waals surface area contributed by atoms with Crippen molar-refractivity contribution in [2.75, 3.05) is 10.6 Å². The molecule has 6 aromatic rings. The molecule has 0 aliphatic carbocycles. The van der Waals surface area contributed by atoms with Gasteiger partial charge in [-0.15, -0.1) is 0 Å². The Labute approximate surface area is 301 Å². The van der Waals surface area contributed by atoms with Crippen molar-refractivity contribution >= 4 is 17.3 Å². The summed E-state index contributed by atoms with van der Waals surface area (Å²) < 4.78 is 161. The number of benzene rings is 2. The third-order valence-electron chi connectivity index (χ3n) is 7.52. The third kappa shape index (κ3) is 9.04. The molecule has 0 atom stereocenters. The monoisotopic (exact) mass is 786 g/mol. The zero-order valence-electron chi connectivity index (χ0n) is 27.8. The average molecular weight is 787 g/mol. The predicted molar refractivity (Wildman–Crippen MR) is 170 cm³/mol. The van der Waals surface area contributed by atoms with Gasteiger partial charge >= 0.3 is 12.4 Å². The number of aromatic nitrogens is 6. The van der Waals surface area contributed by atoms with E-state index in [1.54, 1.807) is 0 Å². The largest absolute Gasteiger partial charge is 0.434 e. The van der Waals surface area contributed by atoms with Crippen molar-refractivity contribution < 1.29 is 57.5 Å². The first-order valence-corrected chi connectivity index (χ1v) is 15.2. The van der Waals surface area contributed by atoms with Crippen molar-refractivity contribution in [3.63, 3.8) is 0 Å². The van der Waals surface area contributed by atoms with Gasteiger partial charge in [-0.2, -0.15) is 26.3 Å². The molecule has 0 aliphatic rings. The predicted octanol–water partition coefficient (Wildman–Crippen LogP) is 8.89. The first-order chi connectivity index (χ1) is 25.7. The number of carbonyl (C=O) groups excluding carboxylic acids is 1. The number of amides is 1. The number of pyridine rings is 2. The first kappa shape index (κ1) is 39.8. The van der Waals surface area contributed by atoms with Crippen LogP contribution in [-0.4, -0.2) is 35.0 Å². The number of hydrogen-bond donors (Lipinski definition) is 2. The fraction of sp³-hybridized carbons (Fsp3) is 0.147. The van der Waals surface area contributed by atoms with E-state index in [0.29, 0.717) is 24.8 Å². The lowest BCUT2D eigenvalue weighted by atomic mass is 10.2. The summed E-state index contributed by atoms with van der Waals surface area (Å²) in [5.74, 6) is -7.25. The topological polar surface area (TPSA) is 103 Å². The maximum absolute atomic E-state index is 14.4. The number of nitrogens with zero attached hydrogens (tertiary/aromatic N) is 6. The van der Waals surface area contributed by atoms with Crippen LogP contribution in [0, 0.1) is 48.8 Å². The standard InChI is InChI=1S/C17H10F6N4O.C17H12F6N4/c1-8-25-14(17(21,22)23)7-27(8)13-3-2-9(4-10(13)18)26-16(28)15-11(19)5-24-6-12(15)20;1-9-26-16(17(21,22)23)8-27(9)15-3-2-10(4-12(15)18)25-5-11-13(19)6-24-7-14(11)20/h2-7H,1H3,(H,26,28);2-4,6-8,25H,5H2,1H3. The van der Waals surface area contributed by atoms with Crippen LogP contribution in [0.5, 0.6) is 0 Å². The van der Waals surface area contributed by atoms with Crippen molar-refractivity contribution in [3.05, 3.63) is 143 Å². The fourth-order valence-corrected chi connectivity index (χ4v) is 4.92. The van der Waals surface area contributed by atoms with Crippen molar-refractivity contribution in [2.24, 2.45) is 0 Å². The molecule has 0 radical (unpaired) electrons. The van der Waals surface area contributed by atoms with Gasteiger partial charge in [0, 0.05) is 35.9 Å². The minimum atomic E-state index is -4.70. The first-order valence-electron chi connectivity index (χ1n) is 15.2. The van der Waals surface area contributed by atoms with Crippen LogP contribution in [0.1, 0.15) is 39.0 Å². The van der Waals surface area contributed by atoms with Crippen LogP contribution >= 0.6 is 0 Å². The summed E-state index contributed by atoms with van der Waals surface area (Å²) in [6, 6.07) is 6.70. The molecule has 0 fully saturated rings. The number of nitrogens with one attached hydrogen (secondary N) is 2. The van der Waals surface area contributed by atoms with E-state index in [-0.39, 0.29) is 46.5 Å². The number of anilines is 2. The van der Waals surface area contributed by atoms with Gasteiger partial charge in [-0.1, -0.05) is 0 Å². The lowest BCUT2D eigenvalue weighted by Gasteiger charge is -2.11. The second-order valence-corrected chi connectivity index (χ2v) is 11.3. The Morgan fingerprint density at radius 3 is 1.45 bits per heavy atom. The number of alkyl halides is 6. The Balaban J connectivity index is 0.000000211. The van der Waals surface area contributed by atoms with Gasteiger partial charge in [0.2, 0.25) is 0 Å². The average Bonchev–Trinajstić information content (AvgIpc) is 3.68. The molecule has 9 nitrogen and oxygen atoms in total. The van der Waals surface area contributed by atoms with Gasteiger partial charge < -0.3 is 19.8 Å². The van der Waals surface area contributed by atoms with Gasteiger partial charge in [-0.3, -0.25) is 14.8 Å². The van der Waals surface area contributed by atoms with E-state index in [1.165, 1.54) is 32.0 Å². The van der Waals surface area contributed by atoms with Crippen molar-refractivity contribution in [1.29, 1.82) is 0 Å². The summed E-state index contributed by atoms with van der Waals surface area (Å²) in [4.78, 5) is 25.3. The molecule has 0 aliphatic heterocycles. The zero-order chi connectivity index (χ0) is 40.4. The Kier molecular flexibility index (Phi) is 11.2. The van der Waals surface area contributed by atoms with Crippen LogP contribution in [0.2, 0.25) is 0 Å². The van der Waals surface area contributed by atoms with Crippen LogP contribution in [0.3, 0.4) is 0 Å². The molecule has 4 heterocycles. The number of halogens is 12. The molecule has 6 rings (SSSR count). The van der Waals surface area contributed by atoms with E-state index in [2.05, 4.69) is 30.6 Å². The highest BCUT2D eigenvalue weighted by Gasteiger charge is 2.35. The van der Waals surface area contributed by atoms with Crippen molar-refractivity contribution in [1.82, 2.24) is 29.1 Å². The summed E-state index contributed by atoms with van der Waals surface area (Å²) in [6.07, 6.45) is -5.03. The SMILES string of the molecule is Cc1nc(C(F)(F)F)cn1-c1ccc(NC(=O)c2c(F)cncc2F)cc1F.Cc1nc(C(F)(F)F)cn1-c1ccc(NCc2c(F)cncc2F)cc1F. The molecular weight excluding hydrogens is 764 g/mol. The number of hydrogen-bond acceptors (Lipinski definition) is 6. The molecule has 2 aromatic carbocycles. The lowest BCUT2D eigenvalue weighted by molar-refractivity contribution is -0.141. The Bertz CT molecular complexity index is 2330. The van der Waals surface area contributed by atoms with Crippen LogP contribution in [-0.2, 0) is 18.9 Å². The van der Waals surface area contributed by atoms with Gasteiger partial charge in [-0.25, -0.2) is 36.3 Å². The molecule has 4 aromatic heterocycles. The summed E-state index contributed by atoms with van der Waals surface area (Å²) >= 11 is 0. The van der Waals surface area contributed by atoms with Gasteiger partial charge in [0.05, 0.1) is 36.2 Å². The van der Waals surface area contributed by atoms with Crippen LogP contribution < -0.4 is 10.6 Å². The van der Waals surface area contributed by atoms with Gasteiger partial charge in [0.15, 0.2) is 23.0 Å². The molecule has 0 saturated carbocycles. The summed E-state index contributed by atoms with van der Waals surface area (Å²) in [5.41, 5.74) is -3.84. The van der Waals surface area contributed by atoms with E-state index >= 15 is 0 Å². The van der Waals surface area contributed by atoms with Crippen LogP contribution in [0.15, 0.2) is 73.6 Å². The Morgan fingerprint density at radius 2 is 1.04 bits per heavy atom. The number of rotatable bonds is 7. The Morgan fingerprint density at radius 1 is 0.618 bits per heavy atom. The quantitative estimate of drug-likeness (QED) is 0.157. The summed E-state index contributed by atoms with van der Waals surface area (Å²) in [7, 11) is 0. The molecule has 288 valence electrons. The molecule has 0 unspecified atom stereocenters. The smallest absolute Gasteiger partial charge is 0.381 e. The van der Waals surface area contributed by atoms with Gasteiger partial charge in [0.1, 0.15) is 40.5 Å². The highest BCUT2D eigenvalue weighted by molar-refractivity contribution is 6.04.